The number of carbonyl (C=O) groups is 1. The molecule has 3 aromatic carbocycles. The number of hydrogen-bond donors (Lipinski definition) is 1. The highest BCUT2D eigenvalue weighted by Crippen LogP contribution is 2.32. The van der Waals surface area contributed by atoms with E-state index >= 15 is 0 Å². The van der Waals surface area contributed by atoms with Crippen LogP contribution in [0.1, 0.15) is 25.5 Å². The summed E-state index contributed by atoms with van der Waals surface area (Å²) in [4.78, 5) is 12.7. The molecular weight excluding hydrogens is 354 g/mol. The normalized spacial score (nSPS) is 14.9. The van der Waals surface area contributed by atoms with Crippen LogP contribution in [0.2, 0.25) is 0 Å². The minimum atomic E-state index is -0.620. The highest BCUT2D eigenvalue weighted by atomic mass is 16.6. The van der Waals surface area contributed by atoms with Gasteiger partial charge in [-0.2, -0.15) is 0 Å². The Labute approximate surface area is 164 Å². The van der Waals surface area contributed by atoms with Gasteiger partial charge in [0.25, 0.3) is 5.91 Å². The van der Waals surface area contributed by atoms with Gasteiger partial charge in [0.1, 0.15) is 19.0 Å². The van der Waals surface area contributed by atoms with E-state index in [0.717, 1.165) is 22.1 Å². The third-order valence-electron chi connectivity index (χ3n) is 4.85. The molecule has 28 heavy (non-hydrogen) atoms. The molecule has 1 aliphatic rings. The minimum absolute atomic E-state index is 0.171. The molecule has 0 unspecified atom stereocenters. The molecule has 1 N–H and O–H groups in total. The zero-order valence-corrected chi connectivity index (χ0v) is 16.0. The Morgan fingerprint density at radius 3 is 2.57 bits per heavy atom. The molecule has 0 bridgehead atoms. The van der Waals surface area contributed by atoms with Gasteiger partial charge in [-0.1, -0.05) is 42.5 Å². The van der Waals surface area contributed by atoms with Crippen molar-refractivity contribution in [2.24, 2.45) is 0 Å². The second-order valence-corrected chi connectivity index (χ2v) is 6.87. The maximum Gasteiger partial charge on any atom is 0.261 e. The van der Waals surface area contributed by atoms with Gasteiger partial charge in [0.2, 0.25) is 0 Å². The van der Waals surface area contributed by atoms with Crippen molar-refractivity contribution in [2.75, 3.05) is 13.2 Å². The van der Waals surface area contributed by atoms with Crippen LogP contribution < -0.4 is 19.5 Å². The van der Waals surface area contributed by atoms with E-state index in [2.05, 4.69) is 5.32 Å². The second-order valence-electron chi connectivity index (χ2n) is 6.87. The molecular formula is C23H23NO4. The Kier molecular flexibility index (Phi) is 5.06. The van der Waals surface area contributed by atoms with E-state index in [1.807, 2.05) is 67.6 Å². The zero-order chi connectivity index (χ0) is 19.5. The van der Waals surface area contributed by atoms with Crippen LogP contribution in [0.15, 0.2) is 60.7 Å². The fraction of sp³-hybridized carbons (Fsp3) is 0.261. The van der Waals surface area contributed by atoms with Crippen molar-refractivity contribution < 1.29 is 19.0 Å². The van der Waals surface area contributed by atoms with Crippen LogP contribution in [-0.2, 0) is 4.79 Å². The zero-order valence-electron chi connectivity index (χ0n) is 16.0. The summed E-state index contributed by atoms with van der Waals surface area (Å²) >= 11 is 0. The second kappa shape index (κ2) is 7.80. The molecule has 1 amide bonds. The molecule has 0 saturated carbocycles. The Hall–Kier alpha value is -3.21. The van der Waals surface area contributed by atoms with Crippen molar-refractivity contribution in [3.63, 3.8) is 0 Å². The maximum atomic E-state index is 12.7. The van der Waals surface area contributed by atoms with Crippen LogP contribution >= 0.6 is 0 Å². The number of rotatable bonds is 5. The van der Waals surface area contributed by atoms with E-state index in [9.17, 15) is 4.79 Å². The Morgan fingerprint density at radius 2 is 1.71 bits per heavy atom. The molecule has 2 atom stereocenters. The van der Waals surface area contributed by atoms with Crippen molar-refractivity contribution in [1.82, 2.24) is 5.32 Å². The van der Waals surface area contributed by atoms with Crippen molar-refractivity contribution in [2.45, 2.75) is 26.0 Å². The minimum Gasteiger partial charge on any atom is -0.486 e. The number of hydrogen-bond acceptors (Lipinski definition) is 4. The summed E-state index contributed by atoms with van der Waals surface area (Å²) in [5, 5.41) is 5.08. The molecule has 144 valence electrons. The van der Waals surface area contributed by atoms with Crippen molar-refractivity contribution in [3.05, 3.63) is 66.2 Å². The van der Waals surface area contributed by atoms with E-state index in [4.69, 9.17) is 14.2 Å². The van der Waals surface area contributed by atoms with Gasteiger partial charge < -0.3 is 19.5 Å². The molecule has 0 spiro atoms. The molecule has 0 aliphatic carbocycles. The van der Waals surface area contributed by atoms with Gasteiger partial charge in [0, 0.05) is 5.39 Å². The summed E-state index contributed by atoms with van der Waals surface area (Å²) < 4.78 is 17.1. The molecule has 0 aromatic heterocycles. The Balaban J connectivity index is 1.44. The lowest BCUT2D eigenvalue weighted by atomic mass is 10.1. The summed E-state index contributed by atoms with van der Waals surface area (Å²) in [5.74, 6) is 1.98. The standard InChI is InChI=1S/C23H23NO4/c1-15(18-10-11-21-22(14-18)27-13-12-26-21)24-23(25)16(2)28-20-9-5-7-17-6-3-4-8-19(17)20/h3-11,14-16H,12-13H2,1-2H3,(H,24,25)/t15-,16-/m1/s1. The Bertz CT molecular complexity index is 996. The predicted molar refractivity (Wildman–Crippen MR) is 108 cm³/mol. The Morgan fingerprint density at radius 1 is 0.964 bits per heavy atom. The van der Waals surface area contributed by atoms with Gasteiger partial charge in [-0.3, -0.25) is 4.79 Å². The molecule has 1 heterocycles. The summed E-state index contributed by atoms with van der Waals surface area (Å²) in [6, 6.07) is 19.4. The highest BCUT2D eigenvalue weighted by Gasteiger charge is 2.20. The SMILES string of the molecule is C[C@@H](Oc1cccc2ccccc12)C(=O)N[C@H](C)c1ccc2c(c1)OCCO2. The number of amides is 1. The molecule has 0 radical (unpaired) electrons. The van der Waals surface area contributed by atoms with E-state index in [-0.39, 0.29) is 11.9 Å². The lowest BCUT2D eigenvalue weighted by Crippen LogP contribution is -2.37. The van der Waals surface area contributed by atoms with E-state index in [1.54, 1.807) is 6.92 Å². The molecule has 0 saturated heterocycles. The van der Waals surface area contributed by atoms with Gasteiger partial charge in [-0.15, -0.1) is 0 Å². The van der Waals surface area contributed by atoms with Gasteiger partial charge in [0.05, 0.1) is 6.04 Å². The van der Waals surface area contributed by atoms with Gasteiger partial charge >= 0.3 is 0 Å². The summed E-state index contributed by atoms with van der Waals surface area (Å²) in [5.41, 5.74) is 0.954. The third kappa shape index (κ3) is 3.74. The lowest BCUT2D eigenvalue weighted by Gasteiger charge is -2.22. The van der Waals surface area contributed by atoms with Gasteiger partial charge in [-0.25, -0.2) is 0 Å². The lowest BCUT2D eigenvalue weighted by molar-refractivity contribution is -0.127. The topological polar surface area (TPSA) is 56.8 Å². The first-order valence-electron chi connectivity index (χ1n) is 9.46. The molecule has 5 nitrogen and oxygen atoms in total. The summed E-state index contributed by atoms with van der Waals surface area (Å²) in [6.45, 7) is 4.79. The van der Waals surface area contributed by atoms with E-state index in [1.165, 1.54) is 0 Å². The average Bonchev–Trinajstić information content (AvgIpc) is 2.73. The third-order valence-corrected chi connectivity index (χ3v) is 4.85. The molecule has 1 aliphatic heterocycles. The fourth-order valence-electron chi connectivity index (χ4n) is 3.29. The predicted octanol–water partition coefficient (Wildman–Crippen LogP) is 4.26. The summed E-state index contributed by atoms with van der Waals surface area (Å²) in [7, 11) is 0. The largest absolute Gasteiger partial charge is 0.486 e. The monoisotopic (exact) mass is 377 g/mol. The number of ether oxygens (including phenoxy) is 3. The quantitative estimate of drug-likeness (QED) is 0.722. The van der Waals surface area contributed by atoms with Crippen LogP contribution in [0.5, 0.6) is 17.2 Å². The van der Waals surface area contributed by atoms with Crippen LogP contribution in [-0.4, -0.2) is 25.2 Å². The first-order chi connectivity index (χ1) is 13.6. The van der Waals surface area contributed by atoms with E-state index < -0.39 is 6.10 Å². The van der Waals surface area contributed by atoms with Crippen LogP contribution in [0, 0.1) is 0 Å². The highest BCUT2D eigenvalue weighted by molar-refractivity contribution is 5.89. The van der Waals surface area contributed by atoms with Crippen molar-refractivity contribution in [1.29, 1.82) is 0 Å². The molecule has 4 rings (SSSR count). The number of nitrogens with one attached hydrogen (secondary N) is 1. The van der Waals surface area contributed by atoms with Crippen molar-refractivity contribution in [3.8, 4) is 17.2 Å². The molecule has 3 aromatic rings. The fourth-order valence-corrected chi connectivity index (χ4v) is 3.29. The van der Waals surface area contributed by atoms with Gasteiger partial charge in [0.15, 0.2) is 17.6 Å². The first kappa shape index (κ1) is 18.2. The molecule has 0 fully saturated rings. The average molecular weight is 377 g/mol. The number of fused-ring (bicyclic) bond motifs is 2. The van der Waals surface area contributed by atoms with Crippen LogP contribution in [0.25, 0.3) is 10.8 Å². The van der Waals surface area contributed by atoms with Gasteiger partial charge in [-0.05, 0) is 43.0 Å². The first-order valence-corrected chi connectivity index (χ1v) is 9.46. The maximum absolute atomic E-state index is 12.7. The number of carbonyl (C=O) groups excluding carboxylic acids is 1. The van der Waals surface area contributed by atoms with Crippen LogP contribution in [0.4, 0.5) is 0 Å². The smallest absolute Gasteiger partial charge is 0.261 e. The van der Waals surface area contributed by atoms with Crippen molar-refractivity contribution >= 4 is 16.7 Å². The number of benzene rings is 3. The van der Waals surface area contributed by atoms with Crippen LogP contribution in [0.3, 0.4) is 0 Å². The van der Waals surface area contributed by atoms with E-state index in [0.29, 0.717) is 24.7 Å². The summed E-state index contributed by atoms with van der Waals surface area (Å²) in [6.07, 6.45) is -0.620. The molecule has 5 heteroatoms.